The van der Waals surface area contributed by atoms with E-state index in [2.05, 4.69) is 50.2 Å². The molecule has 0 saturated heterocycles. The van der Waals surface area contributed by atoms with Crippen LogP contribution in [0.5, 0.6) is 0 Å². The molecular formula is C31H48N2. The predicted molar refractivity (Wildman–Crippen MR) is 147 cm³/mol. The maximum atomic E-state index is 6.34. The highest BCUT2D eigenvalue weighted by Crippen LogP contribution is 2.55. The van der Waals surface area contributed by atoms with Gasteiger partial charge in [-0.2, -0.15) is 0 Å². The molecule has 33 heavy (non-hydrogen) atoms. The van der Waals surface area contributed by atoms with Crippen molar-refractivity contribution in [2.45, 2.75) is 122 Å². The number of fused-ring (bicyclic) bond motifs is 3. The normalized spacial score (nSPS) is 13.8. The van der Waals surface area contributed by atoms with Gasteiger partial charge in [0.25, 0.3) is 0 Å². The van der Waals surface area contributed by atoms with Gasteiger partial charge in [-0.1, -0.05) is 116 Å². The van der Waals surface area contributed by atoms with Crippen LogP contribution in [0.4, 0.5) is 11.4 Å². The summed E-state index contributed by atoms with van der Waals surface area (Å²) in [5.41, 5.74) is 20.2. The van der Waals surface area contributed by atoms with Crippen LogP contribution in [0.3, 0.4) is 0 Å². The van der Waals surface area contributed by atoms with E-state index >= 15 is 0 Å². The van der Waals surface area contributed by atoms with E-state index in [-0.39, 0.29) is 5.41 Å². The second-order valence-electron chi connectivity index (χ2n) is 10.4. The Morgan fingerprint density at radius 2 is 0.879 bits per heavy atom. The van der Waals surface area contributed by atoms with Gasteiger partial charge in [0.1, 0.15) is 0 Å². The number of hydrogen-bond donors (Lipinski definition) is 2. The van der Waals surface area contributed by atoms with Crippen molar-refractivity contribution in [3.63, 3.8) is 0 Å². The number of anilines is 2. The van der Waals surface area contributed by atoms with E-state index in [0.29, 0.717) is 0 Å². The first-order chi connectivity index (χ1) is 16.1. The quantitative estimate of drug-likeness (QED) is 0.198. The summed E-state index contributed by atoms with van der Waals surface area (Å²) in [6.45, 7) is 4.58. The van der Waals surface area contributed by atoms with Crippen molar-refractivity contribution >= 4 is 11.4 Å². The van der Waals surface area contributed by atoms with E-state index < -0.39 is 0 Å². The van der Waals surface area contributed by atoms with Crippen LogP contribution in [0.2, 0.25) is 0 Å². The summed E-state index contributed by atoms with van der Waals surface area (Å²) in [7, 11) is 0. The van der Waals surface area contributed by atoms with Gasteiger partial charge in [0.2, 0.25) is 0 Å². The second kappa shape index (κ2) is 13.1. The summed E-state index contributed by atoms with van der Waals surface area (Å²) in [4.78, 5) is 0. The molecular weight excluding hydrogens is 400 g/mol. The molecule has 0 saturated carbocycles. The lowest BCUT2D eigenvalue weighted by Crippen LogP contribution is -2.26. The lowest BCUT2D eigenvalue weighted by molar-refractivity contribution is 0.397. The third-order valence-electron chi connectivity index (χ3n) is 7.82. The third kappa shape index (κ3) is 6.55. The summed E-state index contributed by atoms with van der Waals surface area (Å²) in [5.74, 6) is 0. The number of unbranched alkanes of at least 4 members (excludes halogenated alkanes) is 12. The van der Waals surface area contributed by atoms with Crippen LogP contribution >= 0.6 is 0 Å². The van der Waals surface area contributed by atoms with Crippen LogP contribution in [0.1, 0.15) is 128 Å². The van der Waals surface area contributed by atoms with E-state index in [1.54, 1.807) is 0 Å². The summed E-state index contributed by atoms with van der Waals surface area (Å²) >= 11 is 0. The van der Waals surface area contributed by atoms with Gasteiger partial charge in [0.15, 0.2) is 0 Å². The molecule has 2 heteroatoms. The molecule has 1 aliphatic carbocycles. The molecule has 0 bridgehead atoms. The molecule has 2 nitrogen and oxygen atoms in total. The molecule has 1 aliphatic rings. The number of nitrogens with two attached hydrogens (primary N) is 2. The Kier molecular flexibility index (Phi) is 10.2. The smallest absolute Gasteiger partial charge is 0.0317 e. The maximum Gasteiger partial charge on any atom is 0.0317 e. The molecule has 3 rings (SSSR count). The lowest BCUT2D eigenvalue weighted by Gasteiger charge is -2.33. The van der Waals surface area contributed by atoms with Crippen LogP contribution in [0.15, 0.2) is 36.4 Å². The summed E-state index contributed by atoms with van der Waals surface area (Å²) in [6.07, 6.45) is 21.3. The van der Waals surface area contributed by atoms with Gasteiger partial charge in [0, 0.05) is 16.8 Å². The summed E-state index contributed by atoms with van der Waals surface area (Å²) < 4.78 is 0. The van der Waals surface area contributed by atoms with E-state index in [4.69, 9.17) is 11.5 Å². The van der Waals surface area contributed by atoms with E-state index in [1.807, 2.05) is 0 Å². The van der Waals surface area contributed by atoms with Gasteiger partial charge in [-0.05, 0) is 59.4 Å². The van der Waals surface area contributed by atoms with E-state index in [1.165, 1.54) is 125 Å². The zero-order chi connectivity index (χ0) is 23.5. The molecule has 2 aromatic carbocycles. The first-order valence-electron chi connectivity index (χ1n) is 13.9. The van der Waals surface area contributed by atoms with Crippen molar-refractivity contribution < 1.29 is 0 Å². The zero-order valence-electron chi connectivity index (χ0n) is 21.4. The fourth-order valence-electron chi connectivity index (χ4n) is 5.96. The van der Waals surface area contributed by atoms with Crippen LogP contribution in [-0.4, -0.2) is 0 Å². The van der Waals surface area contributed by atoms with Crippen molar-refractivity contribution in [3.8, 4) is 11.1 Å². The van der Waals surface area contributed by atoms with Gasteiger partial charge in [-0.3, -0.25) is 0 Å². The third-order valence-corrected chi connectivity index (χ3v) is 7.82. The average Bonchev–Trinajstić information content (AvgIpc) is 3.06. The fourth-order valence-corrected chi connectivity index (χ4v) is 5.96. The van der Waals surface area contributed by atoms with Crippen LogP contribution in [0, 0.1) is 0 Å². The van der Waals surface area contributed by atoms with Crippen molar-refractivity contribution in [2.75, 3.05) is 11.5 Å². The molecule has 0 fully saturated rings. The SMILES string of the molecule is CCCCCCCCCC1(CCCCCCCCC)c2cc(N)ccc2-c2ccc(N)cc21. The molecule has 0 aromatic heterocycles. The van der Waals surface area contributed by atoms with Gasteiger partial charge in [-0.15, -0.1) is 0 Å². The first-order valence-corrected chi connectivity index (χ1v) is 13.9. The molecule has 4 N–H and O–H groups in total. The molecule has 0 heterocycles. The number of nitrogen functional groups attached to an aromatic ring is 2. The highest BCUT2D eigenvalue weighted by Gasteiger charge is 2.42. The number of rotatable bonds is 16. The molecule has 0 aliphatic heterocycles. The Bertz CT molecular complexity index is 782. The van der Waals surface area contributed by atoms with Gasteiger partial charge < -0.3 is 11.5 Å². The van der Waals surface area contributed by atoms with E-state index in [9.17, 15) is 0 Å². The minimum atomic E-state index is 0.0717. The van der Waals surface area contributed by atoms with Crippen molar-refractivity contribution in [3.05, 3.63) is 47.5 Å². The Morgan fingerprint density at radius 1 is 0.515 bits per heavy atom. The van der Waals surface area contributed by atoms with Crippen molar-refractivity contribution in [2.24, 2.45) is 0 Å². The predicted octanol–water partition coefficient (Wildman–Crippen LogP) is 9.40. The molecule has 2 aromatic rings. The number of hydrogen-bond acceptors (Lipinski definition) is 2. The molecule has 182 valence electrons. The van der Waals surface area contributed by atoms with E-state index in [0.717, 1.165) is 11.4 Å². The van der Waals surface area contributed by atoms with Crippen molar-refractivity contribution in [1.82, 2.24) is 0 Å². The monoisotopic (exact) mass is 448 g/mol. The zero-order valence-corrected chi connectivity index (χ0v) is 21.4. The minimum Gasteiger partial charge on any atom is -0.399 e. The molecule has 0 unspecified atom stereocenters. The average molecular weight is 449 g/mol. The van der Waals surface area contributed by atoms with Gasteiger partial charge in [-0.25, -0.2) is 0 Å². The molecule has 0 radical (unpaired) electrons. The molecule has 0 spiro atoms. The Labute approximate surface area is 203 Å². The molecule has 0 atom stereocenters. The lowest BCUT2D eigenvalue weighted by atomic mass is 9.70. The Morgan fingerprint density at radius 3 is 1.27 bits per heavy atom. The second-order valence-corrected chi connectivity index (χ2v) is 10.4. The molecule has 0 amide bonds. The Hall–Kier alpha value is -1.96. The first kappa shape index (κ1) is 25.7. The highest BCUT2D eigenvalue weighted by atomic mass is 14.6. The standard InChI is InChI=1S/C31H48N2/c1-3-5-7-9-11-13-15-21-31(22-16-14-12-10-8-6-4-2)29-23-25(32)17-19-27(29)28-20-18-26(33)24-30(28)31/h17-20,23-24H,3-16,21-22,32-33H2,1-2H3. The Balaban J connectivity index is 1.77. The minimum absolute atomic E-state index is 0.0717. The van der Waals surface area contributed by atoms with Crippen molar-refractivity contribution in [1.29, 1.82) is 0 Å². The number of benzene rings is 2. The van der Waals surface area contributed by atoms with Gasteiger partial charge in [0.05, 0.1) is 0 Å². The van der Waals surface area contributed by atoms with Crippen LogP contribution < -0.4 is 11.5 Å². The summed E-state index contributed by atoms with van der Waals surface area (Å²) in [6, 6.07) is 13.2. The van der Waals surface area contributed by atoms with Gasteiger partial charge >= 0.3 is 0 Å². The fraction of sp³-hybridized carbons (Fsp3) is 0.613. The highest BCUT2D eigenvalue weighted by molar-refractivity contribution is 5.83. The topological polar surface area (TPSA) is 52.0 Å². The summed E-state index contributed by atoms with van der Waals surface area (Å²) in [5, 5.41) is 0. The van der Waals surface area contributed by atoms with Crippen LogP contribution in [-0.2, 0) is 5.41 Å². The largest absolute Gasteiger partial charge is 0.399 e. The maximum absolute atomic E-state index is 6.34. The van der Waals surface area contributed by atoms with Crippen LogP contribution in [0.25, 0.3) is 11.1 Å².